The number of alkyl halides is 1. The van der Waals surface area contributed by atoms with Gasteiger partial charge in [-0.15, -0.1) is 0 Å². The minimum absolute atomic E-state index is 0.376. The van der Waals surface area contributed by atoms with Gasteiger partial charge in [0.1, 0.15) is 0 Å². The fourth-order valence-corrected chi connectivity index (χ4v) is 5.48. The summed E-state index contributed by atoms with van der Waals surface area (Å²) in [5, 5.41) is 0. The number of rotatable bonds is 0. The molecule has 0 heterocycles. The molecule has 3 fully saturated rings. The lowest BCUT2D eigenvalue weighted by molar-refractivity contribution is 0.318. The van der Waals surface area contributed by atoms with E-state index in [4.69, 9.17) is 0 Å². The zero-order valence-electron chi connectivity index (χ0n) is 9.04. The van der Waals surface area contributed by atoms with E-state index in [1.54, 1.807) is 0 Å². The zero-order chi connectivity index (χ0) is 10.8. The van der Waals surface area contributed by atoms with Crippen LogP contribution in [0.5, 0.6) is 0 Å². The second-order valence-electron chi connectivity index (χ2n) is 5.29. The Morgan fingerprint density at radius 1 is 1.12 bits per heavy atom. The number of halogens is 1. The molecule has 4 rings (SSSR count). The number of benzene rings is 1. The van der Waals surface area contributed by atoms with Crippen molar-refractivity contribution < 1.29 is 0 Å². The lowest BCUT2D eigenvalue weighted by Gasteiger charge is -2.23. The van der Waals surface area contributed by atoms with Crippen LogP contribution in [0.25, 0.3) is 0 Å². The fraction of sp³-hybridized carbons (Fsp3) is 0.467. The van der Waals surface area contributed by atoms with Crippen LogP contribution in [0.2, 0.25) is 0 Å². The predicted octanol–water partition coefficient (Wildman–Crippen LogP) is 3.60. The third-order valence-electron chi connectivity index (χ3n) is 4.75. The van der Waals surface area contributed by atoms with E-state index in [0.29, 0.717) is 9.74 Å². The highest BCUT2D eigenvalue weighted by Crippen LogP contribution is 2.94. The maximum absolute atomic E-state index is 3.93. The van der Waals surface area contributed by atoms with E-state index in [-0.39, 0.29) is 0 Å². The van der Waals surface area contributed by atoms with Gasteiger partial charge in [-0.2, -0.15) is 0 Å². The molecule has 3 saturated carbocycles. The standard InChI is InChI=1S/C15H13Br/c16-15-12-7-4-8-13(15)14(12,15)10-9-11-5-2-1-3-6-11/h1-3,5-6,12-13H,4,7-8H2. The topological polar surface area (TPSA) is 0 Å². The maximum Gasteiger partial charge on any atom is 0.0561 e. The Morgan fingerprint density at radius 2 is 1.81 bits per heavy atom. The number of hydrogen-bond acceptors (Lipinski definition) is 0. The highest BCUT2D eigenvalue weighted by atomic mass is 79.9. The lowest BCUT2D eigenvalue weighted by atomic mass is 9.83. The molecule has 2 atom stereocenters. The third-order valence-corrected chi connectivity index (χ3v) is 6.52. The van der Waals surface area contributed by atoms with Crippen LogP contribution in [-0.2, 0) is 0 Å². The Hall–Kier alpha value is -0.740. The Bertz CT molecular complexity index is 493. The summed E-state index contributed by atoms with van der Waals surface area (Å²) >= 11 is 3.93. The van der Waals surface area contributed by atoms with Crippen molar-refractivity contribution in [3.05, 3.63) is 35.9 Å². The van der Waals surface area contributed by atoms with Gasteiger partial charge in [0.25, 0.3) is 0 Å². The van der Waals surface area contributed by atoms with E-state index in [1.807, 2.05) is 6.07 Å². The van der Waals surface area contributed by atoms with Crippen molar-refractivity contribution >= 4 is 15.9 Å². The van der Waals surface area contributed by atoms with Gasteiger partial charge < -0.3 is 0 Å². The van der Waals surface area contributed by atoms with Crippen molar-refractivity contribution in [2.45, 2.75) is 23.6 Å². The summed E-state index contributed by atoms with van der Waals surface area (Å²) in [5.74, 6) is 8.64. The van der Waals surface area contributed by atoms with E-state index in [2.05, 4.69) is 52.0 Å². The first-order valence-electron chi connectivity index (χ1n) is 6.07. The van der Waals surface area contributed by atoms with Gasteiger partial charge in [0.2, 0.25) is 0 Å². The third kappa shape index (κ3) is 0.856. The molecule has 1 aromatic rings. The molecular formula is C15H13Br. The Kier molecular flexibility index (Phi) is 1.59. The quantitative estimate of drug-likeness (QED) is 0.500. The first-order valence-corrected chi connectivity index (χ1v) is 6.86. The second kappa shape index (κ2) is 2.74. The average Bonchev–Trinajstić information content (AvgIpc) is 3.12. The molecule has 16 heavy (non-hydrogen) atoms. The molecule has 1 aromatic carbocycles. The van der Waals surface area contributed by atoms with Crippen molar-refractivity contribution in [3.63, 3.8) is 0 Å². The molecule has 1 heteroatoms. The van der Waals surface area contributed by atoms with Crippen LogP contribution in [0.3, 0.4) is 0 Å². The molecule has 0 amide bonds. The van der Waals surface area contributed by atoms with Gasteiger partial charge in [-0.25, -0.2) is 0 Å². The molecule has 0 spiro atoms. The minimum Gasteiger partial charge on any atom is -0.0889 e. The Labute approximate surface area is 105 Å². The molecule has 0 nitrogen and oxygen atoms in total. The van der Waals surface area contributed by atoms with Crippen molar-refractivity contribution in [2.24, 2.45) is 17.3 Å². The van der Waals surface area contributed by atoms with Crippen molar-refractivity contribution in [2.75, 3.05) is 0 Å². The first-order chi connectivity index (χ1) is 7.80. The molecule has 0 N–H and O–H groups in total. The molecular weight excluding hydrogens is 260 g/mol. The van der Waals surface area contributed by atoms with Crippen LogP contribution in [0.15, 0.2) is 30.3 Å². The fourth-order valence-electron chi connectivity index (χ4n) is 3.88. The van der Waals surface area contributed by atoms with Gasteiger partial charge in [-0.3, -0.25) is 0 Å². The first kappa shape index (κ1) is 9.31. The predicted molar refractivity (Wildman–Crippen MR) is 68.2 cm³/mol. The molecule has 2 unspecified atom stereocenters. The monoisotopic (exact) mass is 272 g/mol. The summed E-state index contributed by atoms with van der Waals surface area (Å²) in [6.07, 6.45) is 4.17. The highest BCUT2D eigenvalue weighted by molar-refractivity contribution is 9.10. The van der Waals surface area contributed by atoms with E-state index in [0.717, 1.165) is 17.4 Å². The summed E-state index contributed by atoms with van der Waals surface area (Å²) in [6, 6.07) is 10.4. The zero-order valence-corrected chi connectivity index (χ0v) is 10.6. The van der Waals surface area contributed by atoms with Crippen LogP contribution in [0.4, 0.5) is 0 Å². The number of fused-ring (bicyclic) bond motifs is 2. The van der Waals surface area contributed by atoms with E-state index >= 15 is 0 Å². The lowest BCUT2D eigenvalue weighted by Crippen LogP contribution is -2.18. The number of hydrogen-bond donors (Lipinski definition) is 0. The van der Waals surface area contributed by atoms with Crippen LogP contribution in [-0.4, -0.2) is 4.32 Å². The largest absolute Gasteiger partial charge is 0.0889 e. The second-order valence-corrected chi connectivity index (χ2v) is 6.60. The van der Waals surface area contributed by atoms with Crippen LogP contribution < -0.4 is 0 Å². The highest BCUT2D eigenvalue weighted by Gasteiger charge is 2.97. The molecule has 0 aliphatic heterocycles. The SMILES string of the molecule is BrC12C3CCCC1C32C#Cc1ccccc1. The van der Waals surface area contributed by atoms with Crippen molar-refractivity contribution in [1.29, 1.82) is 0 Å². The molecule has 80 valence electrons. The smallest absolute Gasteiger partial charge is 0.0561 e. The Morgan fingerprint density at radius 3 is 2.44 bits per heavy atom. The molecule has 3 aliphatic carbocycles. The summed E-state index contributed by atoms with van der Waals surface area (Å²) in [4.78, 5) is 0. The molecule has 3 aliphatic rings. The normalized spacial score (nSPS) is 46.3. The Balaban J connectivity index is 1.65. The summed E-state index contributed by atoms with van der Waals surface area (Å²) in [6.45, 7) is 0. The van der Waals surface area contributed by atoms with E-state index in [1.165, 1.54) is 19.3 Å². The molecule has 0 radical (unpaired) electrons. The van der Waals surface area contributed by atoms with Gasteiger partial charge in [0, 0.05) is 5.56 Å². The van der Waals surface area contributed by atoms with E-state index < -0.39 is 0 Å². The summed E-state index contributed by atoms with van der Waals surface area (Å²) in [5.41, 5.74) is 1.53. The van der Waals surface area contributed by atoms with Gasteiger partial charge >= 0.3 is 0 Å². The van der Waals surface area contributed by atoms with Gasteiger partial charge in [-0.05, 0) is 36.8 Å². The van der Waals surface area contributed by atoms with Gasteiger partial charge in [0.15, 0.2) is 0 Å². The molecule has 0 aromatic heterocycles. The van der Waals surface area contributed by atoms with Crippen LogP contribution in [0, 0.1) is 29.1 Å². The van der Waals surface area contributed by atoms with Crippen molar-refractivity contribution in [1.82, 2.24) is 0 Å². The van der Waals surface area contributed by atoms with Crippen LogP contribution >= 0.6 is 15.9 Å². The molecule has 0 bridgehead atoms. The van der Waals surface area contributed by atoms with Gasteiger partial charge in [-0.1, -0.05) is 52.4 Å². The van der Waals surface area contributed by atoms with Crippen molar-refractivity contribution in [3.8, 4) is 11.8 Å². The average molecular weight is 273 g/mol. The maximum atomic E-state index is 3.93. The van der Waals surface area contributed by atoms with Crippen LogP contribution in [0.1, 0.15) is 24.8 Å². The van der Waals surface area contributed by atoms with Gasteiger partial charge in [0.05, 0.1) is 9.74 Å². The summed E-state index contributed by atoms with van der Waals surface area (Å²) < 4.78 is 0.444. The van der Waals surface area contributed by atoms with E-state index in [9.17, 15) is 0 Å². The minimum atomic E-state index is 0.376. The summed E-state index contributed by atoms with van der Waals surface area (Å²) in [7, 11) is 0. The molecule has 0 saturated heterocycles.